The van der Waals surface area contributed by atoms with E-state index in [2.05, 4.69) is 15.6 Å². The first-order valence-corrected chi connectivity index (χ1v) is 11.1. The zero-order chi connectivity index (χ0) is 21.1. The fourth-order valence-corrected chi connectivity index (χ4v) is 5.08. The highest BCUT2D eigenvalue weighted by Crippen LogP contribution is 2.32. The summed E-state index contributed by atoms with van der Waals surface area (Å²) in [6.07, 6.45) is 6.28. The first-order valence-electron chi connectivity index (χ1n) is 10.1. The topological polar surface area (TPSA) is 81.2 Å². The number of primary amides is 1. The molecule has 1 fully saturated rings. The molecule has 2 aromatic rings. The van der Waals surface area contributed by atoms with E-state index in [0.29, 0.717) is 10.6 Å². The van der Waals surface area contributed by atoms with Gasteiger partial charge < -0.3 is 15.2 Å². The Hall–Kier alpha value is -2.28. The normalized spacial score (nSPS) is 17.2. The van der Waals surface area contributed by atoms with Crippen molar-refractivity contribution in [2.24, 2.45) is 12.8 Å². The Labute approximate surface area is 176 Å². The highest BCUT2D eigenvalue weighted by molar-refractivity contribution is 8.00. The van der Waals surface area contributed by atoms with E-state index >= 15 is 0 Å². The molecule has 0 radical (unpaired) electrons. The summed E-state index contributed by atoms with van der Waals surface area (Å²) in [6.45, 7) is 6.50. The Bertz CT molecular complexity index is 922. The Morgan fingerprint density at radius 3 is 2.62 bits per heavy atom. The van der Waals surface area contributed by atoms with Crippen molar-refractivity contribution < 1.29 is 9.59 Å². The van der Waals surface area contributed by atoms with Crippen LogP contribution in [0.3, 0.4) is 0 Å². The summed E-state index contributed by atoms with van der Waals surface area (Å²) in [4.78, 5) is 31.8. The second-order valence-corrected chi connectivity index (χ2v) is 8.74. The third kappa shape index (κ3) is 4.50. The summed E-state index contributed by atoms with van der Waals surface area (Å²) in [6, 6.07) is 4.22. The van der Waals surface area contributed by atoms with Crippen molar-refractivity contribution in [2.75, 3.05) is 12.3 Å². The van der Waals surface area contributed by atoms with E-state index in [1.54, 1.807) is 0 Å². The number of thioether (sulfide) groups is 1. The van der Waals surface area contributed by atoms with Crippen molar-refractivity contribution in [3.05, 3.63) is 46.4 Å². The van der Waals surface area contributed by atoms with Crippen LogP contribution in [0.5, 0.6) is 0 Å². The largest absolute Gasteiger partial charge is 0.366 e. The van der Waals surface area contributed by atoms with E-state index in [0.717, 1.165) is 49.0 Å². The number of pyridine rings is 1. The van der Waals surface area contributed by atoms with Gasteiger partial charge in [-0.15, -0.1) is 0 Å². The van der Waals surface area contributed by atoms with Crippen LogP contribution in [0.2, 0.25) is 0 Å². The van der Waals surface area contributed by atoms with Gasteiger partial charge in [-0.25, -0.2) is 4.98 Å². The third-order valence-corrected chi connectivity index (χ3v) is 6.90. The zero-order valence-corrected chi connectivity index (χ0v) is 18.5. The second-order valence-electron chi connectivity index (χ2n) is 7.78. The van der Waals surface area contributed by atoms with Gasteiger partial charge in [-0.3, -0.25) is 9.59 Å². The lowest BCUT2D eigenvalue weighted by Gasteiger charge is -2.30. The fourth-order valence-electron chi connectivity index (χ4n) is 4.05. The lowest BCUT2D eigenvalue weighted by molar-refractivity contribution is -0.130. The number of hydrogen-bond donors (Lipinski definition) is 1. The van der Waals surface area contributed by atoms with Gasteiger partial charge in [0, 0.05) is 31.2 Å². The first-order chi connectivity index (χ1) is 13.8. The SMILES string of the molecule is Cc1nc(SCC(=O)N2CCCCC[C@H]2c2cccn2C)c(C(N)=O)c(C)c1C. The maximum Gasteiger partial charge on any atom is 0.251 e. The summed E-state index contributed by atoms with van der Waals surface area (Å²) < 4.78 is 2.10. The smallest absolute Gasteiger partial charge is 0.251 e. The quantitative estimate of drug-likeness (QED) is 0.757. The Morgan fingerprint density at radius 1 is 1.21 bits per heavy atom. The number of carbonyl (C=O) groups is 2. The van der Waals surface area contributed by atoms with Crippen LogP contribution in [-0.4, -0.2) is 38.6 Å². The van der Waals surface area contributed by atoms with Gasteiger partial charge in [0.05, 0.1) is 17.4 Å². The molecule has 6 nitrogen and oxygen atoms in total. The first kappa shape index (κ1) is 21.4. The zero-order valence-electron chi connectivity index (χ0n) is 17.7. The van der Waals surface area contributed by atoms with Gasteiger partial charge in [-0.1, -0.05) is 24.6 Å². The average Bonchev–Trinajstić information content (AvgIpc) is 2.95. The Morgan fingerprint density at radius 2 is 1.97 bits per heavy atom. The van der Waals surface area contributed by atoms with Crippen molar-refractivity contribution in [3.63, 3.8) is 0 Å². The molecule has 1 atom stereocenters. The summed E-state index contributed by atoms with van der Waals surface area (Å²) >= 11 is 1.31. The van der Waals surface area contributed by atoms with Crippen LogP contribution in [-0.2, 0) is 11.8 Å². The molecule has 3 rings (SSSR count). The number of likely N-dealkylation sites (tertiary alicyclic amines) is 1. The lowest BCUT2D eigenvalue weighted by Crippen LogP contribution is -2.36. The van der Waals surface area contributed by atoms with Crippen LogP contribution in [0, 0.1) is 20.8 Å². The summed E-state index contributed by atoms with van der Waals surface area (Å²) in [7, 11) is 2.03. The average molecular weight is 415 g/mol. The Kier molecular flexibility index (Phi) is 6.67. The van der Waals surface area contributed by atoms with Crippen molar-refractivity contribution in [3.8, 4) is 0 Å². The van der Waals surface area contributed by atoms with Gasteiger partial charge in [-0.05, 0) is 56.9 Å². The van der Waals surface area contributed by atoms with Crippen molar-refractivity contribution in [2.45, 2.75) is 57.5 Å². The monoisotopic (exact) mass is 414 g/mol. The molecule has 0 bridgehead atoms. The van der Waals surface area contributed by atoms with Gasteiger partial charge in [0.25, 0.3) is 5.91 Å². The molecule has 0 spiro atoms. The van der Waals surface area contributed by atoms with Crippen LogP contribution < -0.4 is 5.73 Å². The summed E-state index contributed by atoms with van der Waals surface area (Å²) in [5.74, 6) is -0.170. The van der Waals surface area contributed by atoms with Gasteiger partial charge in [0.1, 0.15) is 5.03 Å². The number of aromatic nitrogens is 2. The molecule has 7 heteroatoms. The standard InChI is InChI=1S/C22H30N4O2S/c1-14-15(2)20(21(23)28)22(24-16(14)3)29-13-19(27)26-12-7-5-6-9-18(26)17-10-8-11-25(17)4/h8,10-11,18H,5-7,9,12-13H2,1-4H3,(H2,23,28)/t18-/m0/s1. The van der Waals surface area contributed by atoms with Crippen LogP contribution in [0.1, 0.15) is 64.6 Å². The molecule has 0 unspecified atom stereocenters. The van der Waals surface area contributed by atoms with Crippen molar-refractivity contribution in [1.82, 2.24) is 14.5 Å². The number of nitrogens with two attached hydrogens (primary N) is 1. The maximum atomic E-state index is 13.2. The minimum atomic E-state index is -0.496. The van der Waals surface area contributed by atoms with E-state index in [9.17, 15) is 9.59 Å². The highest BCUT2D eigenvalue weighted by Gasteiger charge is 2.28. The molecule has 2 N–H and O–H groups in total. The molecule has 1 aliphatic rings. The maximum absolute atomic E-state index is 13.2. The lowest BCUT2D eigenvalue weighted by atomic mass is 10.0. The number of nitrogens with zero attached hydrogens (tertiary/aromatic N) is 3. The summed E-state index contributed by atoms with van der Waals surface area (Å²) in [5.41, 5.74) is 9.89. The number of amides is 2. The number of rotatable bonds is 5. The minimum absolute atomic E-state index is 0.0798. The van der Waals surface area contributed by atoms with E-state index in [4.69, 9.17) is 5.73 Å². The molecule has 0 aliphatic carbocycles. The predicted octanol–water partition coefficient (Wildman–Crippen LogP) is 3.68. The van der Waals surface area contributed by atoms with E-state index in [1.165, 1.54) is 17.5 Å². The van der Waals surface area contributed by atoms with Gasteiger partial charge in [0.15, 0.2) is 0 Å². The van der Waals surface area contributed by atoms with E-state index in [1.807, 2.05) is 45.0 Å². The van der Waals surface area contributed by atoms with Crippen LogP contribution in [0.15, 0.2) is 23.4 Å². The van der Waals surface area contributed by atoms with E-state index in [-0.39, 0.29) is 17.7 Å². The second kappa shape index (κ2) is 9.03. The molecule has 0 saturated carbocycles. The molecular weight excluding hydrogens is 384 g/mol. The molecular formula is C22H30N4O2S. The van der Waals surface area contributed by atoms with Gasteiger partial charge >= 0.3 is 0 Å². The van der Waals surface area contributed by atoms with Crippen LogP contribution in [0.4, 0.5) is 0 Å². The van der Waals surface area contributed by atoms with Crippen LogP contribution >= 0.6 is 11.8 Å². The van der Waals surface area contributed by atoms with Gasteiger partial charge in [0.2, 0.25) is 5.91 Å². The molecule has 1 saturated heterocycles. The van der Waals surface area contributed by atoms with E-state index < -0.39 is 5.91 Å². The molecule has 2 amide bonds. The van der Waals surface area contributed by atoms with Crippen LogP contribution in [0.25, 0.3) is 0 Å². The molecule has 156 valence electrons. The number of aryl methyl sites for hydroxylation is 2. The molecule has 29 heavy (non-hydrogen) atoms. The molecule has 2 aromatic heterocycles. The number of carbonyl (C=O) groups excluding carboxylic acids is 2. The number of hydrogen-bond acceptors (Lipinski definition) is 4. The predicted molar refractivity (Wildman–Crippen MR) is 116 cm³/mol. The molecule has 0 aromatic carbocycles. The minimum Gasteiger partial charge on any atom is -0.366 e. The van der Waals surface area contributed by atoms with Crippen molar-refractivity contribution in [1.29, 1.82) is 0 Å². The van der Waals surface area contributed by atoms with Gasteiger partial charge in [-0.2, -0.15) is 0 Å². The molecule has 3 heterocycles. The van der Waals surface area contributed by atoms with Crippen molar-refractivity contribution >= 4 is 23.6 Å². The summed E-state index contributed by atoms with van der Waals surface area (Å²) in [5, 5.41) is 0.552. The molecule has 1 aliphatic heterocycles. The third-order valence-electron chi connectivity index (χ3n) is 5.94. The Balaban J connectivity index is 1.82. The highest BCUT2D eigenvalue weighted by atomic mass is 32.2. The fraction of sp³-hybridized carbons (Fsp3) is 0.500.